The summed E-state index contributed by atoms with van der Waals surface area (Å²) >= 11 is 1.30. The molecule has 2 heterocycles. The van der Waals surface area contributed by atoms with Crippen LogP contribution in [0.25, 0.3) is 0 Å². The first-order valence-electron chi connectivity index (χ1n) is 4.61. The normalized spacial score (nSPS) is 10.2. The van der Waals surface area contributed by atoms with Gasteiger partial charge in [-0.05, 0) is 23.3 Å². The number of nitrogens with zero attached hydrogens (tertiary/aromatic N) is 5. The maximum absolute atomic E-state index is 4.07. The van der Waals surface area contributed by atoms with E-state index in [1.807, 2.05) is 24.2 Å². The number of anilines is 1. The number of rotatable bonds is 4. The summed E-state index contributed by atoms with van der Waals surface area (Å²) in [6.07, 6.45) is 4.61. The molecule has 0 N–H and O–H groups in total. The topological polar surface area (TPSA) is 54.8 Å². The van der Waals surface area contributed by atoms with Crippen LogP contribution in [0, 0.1) is 0 Å². The summed E-state index contributed by atoms with van der Waals surface area (Å²) in [5.74, 6) is 0. The quantitative estimate of drug-likeness (QED) is 0.771. The molecule has 0 atom stereocenters. The number of hydrogen-bond donors (Lipinski definition) is 0. The minimum absolute atomic E-state index is 0.846. The van der Waals surface area contributed by atoms with Crippen molar-refractivity contribution < 1.29 is 0 Å². The lowest BCUT2D eigenvalue weighted by atomic mass is 10.2. The van der Waals surface area contributed by atoms with Crippen LogP contribution < -0.4 is 4.90 Å². The number of likely N-dealkylation sites (N-methyl/N-ethyl adjacent to an activating group) is 1. The van der Waals surface area contributed by atoms with Crippen LogP contribution in [0.3, 0.4) is 0 Å². The molecule has 0 unspecified atom stereocenters. The third-order valence-corrected chi connectivity index (χ3v) is 2.79. The summed E-state index contributed by atoms with van der Waals surface area (Å²) in [5, 5.41) is 8.31. The van der Waals surface area contributed by atoms with Crippen LogP contribution in [0.1, 0.15) is 5.56 Å². The highest BCUT2D eigenvalue weighted by Crippen LogP contribution is 2.11. The van der Waals surface area contributed by atoms with Crippen molar-refractivity contribution in [2.24, 2.45) is 0 Å². The molecule has 0 saturated heterocycles. The molecule has 78 valence electrons. The molecule has 0 aromatic carbocycles. The summed E-state index contributed by atoms with van der Waals surface area (Å²) in [6.45, 7) is 0.891. The Morgan fingerprint density at radius 1 is 1.47 bits per heavy atom. The molecule has 0 aliphatic rings. The van der Waals surface area contributed by atoms with E-state index >= 15 is 0 Å². The summed E-state index contributed by atoms with van der Waals surface area (Å²) in [4.78, 5) is 6.11. The zero-order valence-electron chi connectivity index (χ0n) is 8.37. The van der Waals surface area contributed by atoms with E-state index in [9.17, 15) is 0 Å². The molecule has 0 bridgehead atoms. The first-order chi connectivity index (χ1) is 7.36. The summed E-state index contributed by atoms with van der Waals surface area (Å²) < 4.78 is 3.72. The SMILES string of the molecule is CN(CCc1cccnc1)c1nnns1. The van der Waals surface area contributed by atoms with Crippen LogP contribution >= 0.6 is 11.5 Å². The van der Waals surface area contributed by atoms with Crippen molar-refractivity contribution in [2.75, 3.05) is 18.5 Å². The molecule has 0 amide bonds. The Labute approximate surface area is 91.9 Å². The third-order valence-electron chi connectivity index (χ3n) is 2.07. The van der Waals surface area contributed by atoms with Crippen LogP contribution in [-0.2, 0) is 6.42 Å². The Kier molecular flexibility index (Phi) is 3.18. The largest absolute Gasteiger partial charge is 0.348 e. The van der Waals surface area contributed by atoms with E-state index in [1.165, 1.54) is 17.1 Å². The lowest BCUT2D eigenvalue weighted by Crippen LogP contribution is -2.20. The van der Waals surface area contributed by atoms with E-state index in [4.69, 9.17) is 0 Å². The molecule has 0 aliphatic heterocycles. The molecule has 2 aromatic heterocycles. The fourth-order valence-corrected chi connectivity index (χ4v) is 1.66. The van der Waals surface area contributed by atoms with Gasteiger partial charge in [-0.2, -0.15) is 0 Å². The number of hydrogen-bond acceptors (Lipinski definition) is 6. The van der Waals surface area contributed by atoms with Crippen molar-refractivity contribution in [2.45, 2.75) is 6.42 Å². The molecule has 5 nitrogen and oxygen atoms in total. The van der Waals surface area contributed by atoms with E-state index in [1.54, 1.807) is 6.20 Å². The molecular weight excluding hydrogens is 210 g/mol. The predicted octanol–water partition coefficient (Wildman–Crippen LogP) is 1.01. The molecule has 15 heavy (non-hydrogen) atoms. The molecule has 2 aromatic rings. The second kappa shape index (κ2) is 4.79. The highest BCUT2D eigenvalue weighted by molar-refractivity contribution is 7.09. The minimum Gasteiger partial charge on any atom is -0.348 e. The van der Waals surface area contributed by atoms with Crippen LogP contribution in [0.4, 0.5) is 5.13 Å². The lowest BCUT2D eigenvalue weighted by molar-refractivity contribution is 0.845. The fraction of sp³-hybridized carbons (Fsp3) is 0.333. The average Bonchev–Trinajstić information content (AvgIpc) is 2.81. The third kappa shape index (κ3) is 2.69. The first-order valence-corrected chi connectivity index (χ1v) is 5.38. The Hall–Kier alpha value is -1.56. The van der Waals surface area contributed by atoms with Crippen molar-refractivity contribution in [3.63, 3.8) is 0 Å². The Bertz CT molecular complexity index is 388. The summed E-state index contributed by atoms with van der Waals surface area (Å²) in [5.41, 5.74) is 1.22. The number of pyridine rings is 1. The van der Waals surface area contributed by atoms with Gasteiger partial charge in [0.2, 0.25) is 5.13 Å². The molecule has 0 spiro atoms. The Morgan fingerprint density at radius 2 is 2.40 bits per heavy atom. The zero-order chi connectivity index (χ0) is 10.5. The van der Waals surface area contributed by atoms with Gasteiger partial charge in [0, 0.05) is 37.5 Å². The van der Waals surface area contributed by atoms with Crippen molar-refractivity contribution in [1.29, 1.82) is 0 Å². The van der Waals surface area contributed by atoms with Crippen LogP contribution in [-0.4, -0.2) is 33.4 Å². The van der Waals surface area contributed by atoms with Gasteiger partial charge in [0.15, 0.2) is 0 Å². The maximum atomic E-state index is 4.07. The van der Waals surface area contributed by atoms with E-state index in [0.29, 0.717) is 0 Å². The van der Waals surface area contributed by atoms with Gasteiger partial charge in [-0.15, -0.1) is 0 Å². The molecule has 0 fully saturated rings. The van der Waals surface area contributed by atoms with Crippen molar-refractivity contribution >= 4 is 16.7 Å². The van der Waals surface area contributed by atoms with E-state index in [0.717, 1.165) is 18.1 Å². The van der Waals surface area contributed by atoms with Gasteiger partial charge in [0.25, 0.3) is 0 Å². The van der Waals surface area contributed by atoms with Crippen molar-refractivity contribution in [1.82, 2.24) is 19.8 Å². The van der Waals surface area contributed by atoms with E-state index in [2.05, 4.69) is 25.9 Å². The average molecular weight is 221 g/mol. The van der Waals surface area contributed by atoms with Gasteiger partial charge >= 0.3 is 0 Å². The lowest BCUT2D eigenvalue weighted by Gasteiger charge is -2.13. The van der Waals surface area contributed by atoms with Crippen LogP contribution in [0.5, 0.6) is 0 Å². The summed E-state index contributed by atoms with van der Waals surface area (Å²) in [7, 11) is 1.98. The van der Waals surface area contributed by atoms with Crippen molar-refractivity contribution in [3.05, 3.63) is 30.1 Å². The standard InChI is InChI=1S/C9H11N5S/c1-14(9-11-12-13-15-9)6-4-8-3-2-5-10-7-8/h2-3,5,7H,4,6H2,1H3. The molecular formula is C9H11N5S. The highest BCUT2D eigenvalue weighted by atomic mass is 32.1. The molecule has 0 radical (unpaired) electrons. The first kappa shape index (κ1) is 9.97. The predicted molar refractivity (Wildman–Crippen MR) is 58.9 cm³/mol. The number of aromatic nitrogens is 4. The summed E-state index contributed by atoms with van der Waals surface area (Å²) in [6, 6.07) is 4.01. The van der Waals surface area contributed by atoms with Gasteiger partial charge in [-0.1, -0.05) is 15.7 Å². The monoisotopic (exact) mass is 221 g/mol. The molecule has 0 aliphatic carbocycles. The Morgan fingerprint density at radius 3 is 3.07 bits per heavy atom. The van der Waals surface area contributed by atoms with Gasteiger partial charge in [0.1, 0.15) is 0 Å². The molecule has 2 rings (SSSR count). The van der Waals surface area contributed by atoms with Crippen molar-refractivity contribution in [3.8, 4) is 0 Å². The second-order valence-corrected chi connectivity index (χ2v) is 3.89. The van der Waals surface area contributed by atoms with Crippen LogP contribution in [0.15, 0.2) is 24.5 Å². The van der Waals surface area contributed by atoms with E-state index < -0.39 is 0 Å². The van der Waals surface area contributed by atoms with Crippen LogP contribution in [0.2, 0.25) is 0 Å². The molecule has 6 heteroatoms. The highest BCUT2D eigenvalue weighted by Gasteiger charge is 2.04. The zero-order valence-corrected chi connectivity index (χ0v) is 9.18. The van der Waals surface area contributed by atoms with E-state index in [-0.39, 0.29) is 0 Å². The fourth-order valence-electron chi connectivity index (χ4n) is 1.21. The van der Waals surface area contributed by atoms with Gasteiger partial charge in [-0.25, -0.2) is 0 Å². The molecule has 0 saturated carbocycles. The Balaban J connectivity index is 1.89. The second-order valence-electron chi connectivity index (χ2n) is 3.18. The van der Waals surface area contributed by atoms with Gasteiger partial charge < -0.3 is 4.90 Å². The minimum atomic E-state index is 0.846. The van der Waals surface area contributed by atoms with Gasteiger partial charge in [-0.3, -0.25) is 4.98 Å². The van der Waals surface area contributed by atoms with Gasteiger partial charge in [0.05, 0.1) is 0 Å². The smallest absolute Gasteiger partial charge is 0.227 e. The maximum Gasteiger partial charge on any atom is 0.227 e.